The number of benzene rings is 2. The van der Waals surface area contributed by atoms with Crippen molar-refractivity contribution in [2.75, 3.05) is 0 Å². The van der Waals surface area contributed by atoms with Gasteiger partial charge in [0.1, 0.15) is 17.1 Å². The molecule has 1 heterocycles. The molecule has 0 aliphatic rings. The first-order chi connectivity index (χ1) is 12.0. The van der Waals surface area contributed by atoms with Gasteiger partial charge in [-0.05, 0) is 52.3 Å². The highest BCUT2D eigenvalue weighted by Crippen LogP contribution is 2.27. The van der Waals surface area contributed by atoms with Gasteiger partial charge in [0.25, 0.3) is 0 Å². The van der Waals surface area contributed by atoms with Gasteiger partial charge in [-0.15, -0.1) is 0 Å². The quantitative estimate of drug-likeness (QED) is 0.394. The maximum atomic E-state index is 12.3. The maximum Gasteiger partial charge on any atom is 0.347 e. The van der Waals surface area contributed by atoms with Gasteiger partial charge < -0.3 is 9.47 Å². The second kappa shape index (κ2) is 7.42. The molecule has 0 atom stereocenters. The van der Waals surface area contributed by atoms with Crippen molar-refractivity contribution in [3.05, 3.63) is 69.7 Å². The lowest BCUT2D eigenvalue weighted by Crippen LogP contribution is -2.12. The Bertz CT molecular complexity index is 969. The van der Waals surface area contributed by atoms with Gasteiger partial charge in [-0.1, -0.05) is 22.5 Å². The van der Waals surface area contributed by atoms with Gasteiger partial charge in [-0.25, -0.2) is 4.79 Å². The van der Waals surface area contributed by atoms with Crippen LogP contribution in [0.2, 0.25) is 0 Å². The lowest BCUT2D eigenvalue weighted by Gasteiger charge is -2.09. The van der Waals surface area contributed by atoms with E-state index < -0.39 is 11.9 Å². The zero-order valence-corrected chi connectivity index (χ0v) is 14.7. The summed E-state index contributed by atoms with van der Waals surface area (Å²) in [6, 6.07) is 14.8. The Labute approximate surface area is 150 Å². The normalized spacial score (nSPS) is 10.3. The highest BCUT2D eigenvalue weighted by Gasteiger charge is 2.16. The van der Waals surface area contributed by atoms with E-state index >= 15 is 0 Å². The summed E-state index contributed by atoms with van der Waals surface area (Å²) in [7, 11) is 2.58. The van der Waals surface area contributed by atoms with Crippen LogP contribution in [-0.4, -0.2) is 11.9 Å². The van der Waals surface area contributed by atoms with Crippen LogP contribution >= 0.6 is 20.7 Å². The van der Waals surface area contributed by atoms with Crippen LogP contribution in [0.3, 0.4) is 0 Å². The van der Waals surface area contributed by atoms with Crippen molar-refractivity contribution >= 4 is 32.6 Å². The van der Waals surface area contributed by atoms with Crippen LogP contribution in [0.25, 0.3) is 10.4 Å². The van der Waals surface area contributed by atoms with Crippen LogP contribution < -0.4 is 14.2 Å². The largest absolute Gasteiger partial charge is 0.426 e. The summed E-state index contributed by atoms with van der Waals surface area (Å²) < 4.78 is 10.4. The molecule has 0 spiro atoms. The van der Waals surface area contributed by atoms with E-state index in [4.69, 9.17) is 9.47 Å². The van der Waals surface area contributed by atoms with Crippen molar-refractivity contribution in [2.45, 2.75) is 6.92 Å². The average molecular weight is 372 g/mol. The predicted octanol–water partition coefficient (Wildman–Crippen LogP) is 3.98. The number of ether oxygens (including phenoxy) is 2. The maximum absolute atomic E-state index is 12.3. The minimum atomic E-state index is -0.621. The van der Waals surface area contributed by atoms with Gasteiger partial charge in [-0.2, -0.15) is 0 Å². The van der Waals surface area contributed by atoms with E-state index in [-0.39, 0.29) is 16.1 Å². The highest BCUT2D eigenvalue weighted by molar-refractivity contribution is 7.69. The number of esters is 2. The molecule has 0 unspecified atom stereocenters. The average Bonchev–Trinajstić information content (AvgIpc) is 3.02. The molecule has 126 valence electrons. The van der Waals surface area contributed by atoms with Crippen LogP contribution in [0.15, 0.2) is 59.4 Å². The summed E-state index contributed by atoms with van der Waals surface area (Å²) in [5, 5.41) is 0. The fraction of sp³-hybridized carbons (Fsp3) is 0.0556. The molecule has 0 saturated carbocycles. The van der Waals surface area contributed by atoms with Gasteiger partial charge in [0.15, 0.2) is 0 Å². The van der Waals surface area contributed by atoms with Crippen LogP contribution in [-0.2, 0) is 4.79 Å². The second-order valence-corrected chi connectivity index (χ2v) is 7.17. The fourth-order valence-electron chi connectivity index (χ4n) is 2.10. The minimum absolute atomic E-state index is 0.0117. The Balaban J connectivity index is 1.77. The topological polar surface area (TPSA) is 69.7 Å². The number of para-hydroxylation sites is 1. The summed E-state index contributed by atoms with van der Waals surface area (Å²) in [6.07, 6.45) is 0. The Kier molecular flexibility index (Phi) is 5.06. The molecule has 0 amide bonds. The lowest BCUT2D eigenvalue weighted by molar-refractivity contribution is -0.131. The van der Waals surface area contributed by atoms with Crippen molar-refractivity contribution < 1.29 is 19.1 Å². The highest BCUT2D eigenvalue weighted by atomic mass is 32.9. The SMILES string of the molecule is CC(=O)Oc1ccccc1C(=O)Oc1ccc(-c2cc(=O)ss2)cc1. The third kappa shape index (κ3) is 4.20. The molecular formula is C18H12O5S2. The Morgan fingerprint density at radius 1 is 0.920 bits per heavy atom. The molecule has 0 bridgehead atoms. The summed E-state index contributed by atoms with van der Waals surface area (Å²) in [5.41, 5.74) is 1.04. The smallest absolute Gasteiger partial charge is 0.347 e. The van der Waals surface area contributed by atoms with Crippen molar-refractivity contribution in [1.82, 2.24) is 0 Å². The minimum Gasteiger partial charge on any atom is -0.426 e. The fourth-order valence-corrected chi connectivity index (χ4v) is 3.99. The molecule has 7 heteroatoms. The third-order valence-electron chi connectivity index (χ3n) is 3.17. The second-order valence-electron chi connectivity index (χ2n) is 5.00. The van der Waals surface area contributed by atoms with Crippen molar-refractivity contribution in [1.29, 1.82) is 0 Å². The summed E-state index contributed by atoms with van der Waals surface area (Å²) in [5.74, 6) is -0.627. The lowest BCUT2D eigenvalue weighted by atomic mass is 10.2. The summed E-state index contributed by atoms with van der Waals surface area (Å²) in [4.78, 5) is 35.6. The van der Waals surface area contributed by atoms with Crippen molar-refractivity contribution in [3.63, 3.8) is 0 Å². The van der Waals surface area contributed by atoms with E-state index in [1.54, 1.807) is 42.5 Å². The zero-order valence-electron chi connectivity index (χ0n) is 13.1. The predicted molar refractivity (Wildman–Crippen MR) is 96.6 cm³/mol. The molecule has 1 aromatic heterocycles. The van der Waals surface area contributed by atoms with Crippen LogP contribution in [0.5, 0.6) is 11.5 Å². The van der Waals surface area contributed by atoms with E-state index in [2.05, 4.69) is 0 Å². The molecule has 0 saturated heterocycles. The number of hydrogen-bond acceptors (Lipinski definition) is 7. The molecule has 0 aliphatic heterocycles. The van der Waals surface area contributed by atoms with E-state index in [9.17, 15) is 14.4 Å². The molecule has 0 aliphatic carbocycles. The first-order valence-corrected chi connectivity index (χ1v) is 9.38. The molecular weight excluding hydrogens is 360 g/mol. The molecule has 3 aromatic rings. The molecule has 0 radical (unpaired) electrons. The van der Waals surface area contributed by atoms with Gasteiger partial charge in [0.05, 0.1) is 0 Å². The van der Waals surface area contributed by atoms with Gasteiger partial charge in [0, 0.05) is 17.9 Å². The molecule has 0 fully saturated rings. The first kappa shape index (κ1) is 17.1. The van der Waals surface area contributed by atoms with Crippen LogP contribution in [0.4, 0.5) is 0 Å². The Hall–Kier alpha value is -2.77. The molecule has 2 aromatic carbocycles. The van der Waals surface area contributed by atoms with Crippen LogP contribution in [0, 0.1) is 0 Å². The summed E-state index contributed by atoms with van der Waals surface area (Å²) >= 11 is 0. The molecule has 0 N–H and O–H groups in total. The first-order valence-electron chi connectivity index (χ1n) is 7.23. The van der Waals surface area contributed by atoms with Gasteiger partial charge in [0.2, 0.25) is 4.74 Å². The number of rotatable bonds is 4. The number of hydrogen-bond donors (Lipinski definition) is 0. The number of carbonyl (C=O) groups is 2. The molecule has 25 heavy (non-hydrogen) atoms. The Morgan fingerprint density at radius 3 is 2.28 bits per heavy atom. The molecule has 5 nitrogen and oxygen atoms in total. The van der Waals surface area contributed by atoms with E-state index in [1.807, 2.05) is 0 Å². The van der Waals surface area contributed by atoms with Crippen LogP contribution in [0.1, 0.15) is 17.3 Å². The van der Waals surface area contributed by atoms with Crippen molar-refractivity contribution in [2.24, 2.45) is 0 Å². The number of carbonyl (C=O) groups excluding carboxylic acids is 2. The van der Waals surface area contributed by atoms with Gasteiger partial charge >= 0.3 is 11.9 Å². The zero-order chi connectivity index (χ0) is 17.8. The molecule has 3 rings (SSSR count). The van der Waals surface area contributed by atoms with E-state index in [1.165, 1.54) is 39.7 Å². The Morgan fingerprint density at radius 2 is 1.64 bits per heavy atom. The van der Waals surface area contributed by atoms with Crippen molar-refractivity contribution in [3.8, 4) is 21.9 Å². The van der Waals surface area contributed by atoms with E-state index in [0.717, 1.165) is 10.4 Å². The standard InChI is InChI=1S/C18H12O5S2/c1-11(19)22-15-5-3-2-4-14(15)18(21)23-13-8-6-12(7-9-13)16-10-17(20)25-24-16/h2-10H,1H3. The van der Waals surface area contributed by atoms with Gasteiger partial charge in [-0.3, -0.25) is 9.59 Å². The third-order valence-corrected chi connectivity index (χ3v) is 5.35. The summed E-state index contributed by atoms with van der Waals surface area (Å²) in [6.45, 7) is 1.26. The van der Waals surface area contributed by atoms with E-state index in [0.29, 0.717) is 5.75 Å². The monoisotopic (exact) mass is 372 g/mol.